The maximum atomic E-state index is 11.5. The van der Waals surface area contributed by atoms with Gasteiger partial charge in [-0.1, -0.05) is 45.4 Å². The van der Waals surface area contributed by atoms with Crippen LogP contribution in [0.4, 0.5) is 10.5 Å². The summed E-state index contributed by atoms with van der Waals surface area (Å²) in [5, 5.41) is 18.8. The number of nitrogens with one attached hydrogen (secondary N) is 1. The Bertz CT molecular complexity index is 662. The Kier molecular flexibility index (Phi) is 12.7. The van der Waals surface area contributed by atoms with E-state index in [0.717, 1.165) is 11.9 Å². The zero-order valence-corrected chi connectivity index (χ0v) is 16.2. The highest BCUT2D eigenvalue weighted by Gasteiger charge is 2.04. The van der Waals surface area contributed by atoms with E-state index in [1.54, 1.807) is 24.3 Å². The summed E-state index contributed by atoms with van der Waals surface area (Å²) < 4.78 is 4.93. The molecule has 0 heterocycles. The van der Waals surface area contributed by atoms with Crippen LogP contribution in [0.5, 0.6) is 0 Å². The van der Waals surface area contributed by atoms with Gasteiger partial charge in [0.05, 0.1) is 6.54 Å². The third kappa shape index (κ3) is 13.1. The molecule has 3 N–H and O–H groups in total. The summed E-state index contributed by atoms with van der Waals surface area (Å²) in [6.45, 7) is 1.63. The quantitative estimate of drug-likeness (QED) is 0.359. The van der Waals surface area contributed by atoms with E-state index in [1.807, 2.05) is 7.05 Å². The summed E-state index contributed by atoms with van der Waals surface area (Å²) in [6, 6.07) is 6.85. The highest BCUT2D eigenvalue weighted by molar-refractivity contribution is 9.09. The smallest absolute Gasteiger partial charge is 0.414 e. The van der Waals surface area contributed by atoms with Crippen molar-refractivity contribution in [3.8, 4) is 11.8 Å². The Hall–Kier alpha value is -2.28. The van der Waals surface area contributed by atoms with Crippen LogP contribution in [0.2, 0.25) is 5.02 Å². The van der Waals surface area contributed by atoms with Crippen LogP contribution in [-0.2, 0) is 14.3 Å². The zero-order valence-electron chi connectivity index (χ0n) is 13.9. The van der Waals surface area contributed by atoms with Gasteiger partial charge in [0.25, 0.3) is 0 Å². The molecule has 0 bridgehead atoms. The molecule has 0 aromatic heterocycles. The molecule has 0 saturated carbocycles. The van der Waals surface area contributed by atoms with Gasteiger partial charge in [-0.15, -0.1) is 0 Å². The van der Waals surface area contributed by atoms with Crippen LogP contribution in [0, 0.1) is 11.8 Å². The molecular weight excluding hydrogens is 432 g/mol. The van der Waals surface area contributed by atoms with Gasteiger partial charge in [0.2, 0.25) is 0 Å². The predicted molar refractivity (Wildman–Crippen MR) is 101 cm³/mol. The fraction of sp³-hybridized carbons (Fsp3) is 0.312. The largest absolute Gasteiger partial charge is 0.473 e. The summed E-state index contributed by atoms with van der Waals surface area (Å²) in [6.07, 6.45) is -0.546. The summed E-state index contributed by atoms with van der Waals surface area (Å²) in [5.74, 6) is 2.07. The van der Waals surface area contributed by atoms with E-state index in [1.165, 1.54) is 0 Å². The summed E-state index contributed by atoms with van der Waals surface area (Å²) in [5.41, 5.74) is 0.590. The minimum atomic E-state index is -1.82. The van der Waals surface area contributed by atoms with Gasteiger partial charge in [0, 0.05) is 22.6 Å². The van der Waals surface area contributed by atoms with E-state index in [2.05, 4.69) is 38.0 Å². The highest BCUT2D eigenvalue weighted by atomic mass is 79.9. The minimum Gasteiger partial charge on any atom is -0.473 e. The van der Waals surface area contributed by atoms with Crippen molar-refractivity contribution in [2.24, 2.45) is 0 Å². The molecule has 0 saturated heterocycles. The lowest BCUT2D eigenvalue weighted by molar-refractivity contribution is -0.159. The van der Waals surface area contributed by atoms with Gasteiger partial charge in [0.1, 0.15) is 0 Å². The average molecular weight is 450 g/mol. The van der Waals surface area contributed by atoms with Crippen molar-refractivity contribution in [3.63, 3.8) is 0 Å². The van der Waals surface area contributed by atoms with Gasteiger partial charge in [-0.2, -0.15) is 0 Å². The van der Waals surface area contributed by atoms with Gasteiger partial charge >= 0.3 is 18.0 Å². The van der Waals surface area contributed by atoms with Gasteiger partial charge < -0.3 is 14.9 Å². The molecule has 0 aliphatic carbocycles. The van der Waals surface area contributed by atoms with Gasteiger partial charge in [-0.3, -0.25) is 10.2 Å². The Labute approximate surface area is 164 Å². The lowest BCUT2D eigenvalue weighted by atomic mass is 10.3. The van der Waals surface area contributed by atoms with Crippen molar-refractivity contribution in [2.45, 2.75) is 0 Å². The third-order valence-electron chi connectivity index (χ3n) is 2.47. The van der Waals surface area contributed by atoms with Gasteiger partial charge in [0.15, 0.2) is 6.61 Å². The van der Waals surface area contributed by atoms with Crippen LogP contribution in [0.25, 0.3) is 0 Å². The molecule has 26 heavy (non-hydrogen) atoms. The van der Waals surface area contributed by atoms with Crippen molar-refractivity contribution in [1.82, 2.24) is 4.90 Å². The number of anilines is 1. The molecule has 0 fully saturated rings. The third-order valence-corrected chi connectivity index (χ3v) is 3.06. The lowest BCUT2D eigenvalue weighted by Gasteiger charge is -2.09. The second-order valence-corrected chi connectivity index (χ2v) is 5.83. The number of ether oxygens (including phenoxy) is 1. The molecule has 1 amide bonds. The van der Waals surface area contributed by atoms with Crippen molar-refractivity contribution in [2.75, 3.05) is 37.4 Å². The number of amides is 1. The summed E-state index contributed by atoms with van der Waals surface area (Å²) >= 11 is 9.16. The number of rotatable bonds is 5. The Balaban J connectivity index is 0.000000896. The predicted octanol–water partition coefficient (Wildman–Crippen LogP) is 2.37. The molecule has 0 spiro atoms. The SMILES string of the molecule is CN(CC#CCOC(=O)Nc1cccc(Cl)c1)CCBr.O=C(O)C(=O)O. The zero-order chi connectivity index (χ0) is 19.9. The Morgan fingerprint density at radius 3 is 2.46 bits per heavy atom. The first-order valence-corrected chi connectivity index (χ1v) is 8.62. The van der Waals surface area contributed by atoms with Crippen LogP contribution in [0.15, 0.2) is 24.3 Å². The van der Waals surface area contributed by atoms with E-state index in [0.29, 0.717) is 17.3 Å². The first kappa shape index (κ1) is 23.7. The highest BCUT2D eigenvalue weighted by Crippen LogP contribution is 2.14. The van der Waals surface area contributed by atoms with Gasteiger partial charge in [-0.25, -0.2) is 14.4 Å². The second kappa shape index (κ2) is 13.9. The Morgan fingerprint density at radius 1 is 1.27 bits per heavy atom. The van der Waals surface area contributed by atoms with Crippen LogP contribution >= 0.6 is 27.5 Å². The van der Waals surface area contributed by atoms with Crippen molar-refractivity contribution < 1.29 is 29.3 Å². The van der Waals surface area contributed by atoms with E-state index in [-0.39, 0.29) is 6.61 Å². The standard InChI is InChI=1S/C14H16BrClN2O2.C2H2O4/c1-18(9-7-15)8-2-3-10-20-14(19)17-13-6-4-5-12(16)11-13;3-1(4)2(5)6/h4-6,11H,7-10H2,1H3,(H,17,19);(H,3,4)(H,5,6). The van der Waals surface area contributed by atoms with Gasteiger partial charge in [-0.05, 0) is 25.2 Å². The second-order valence-electron chi connectivity index (χ2n) is 4.60. The molecule has 1 aromatic carbocycles. The lowest BCUT2D eigenvalue weighted by Crippen LogP contribution is -2.20. The first-order valence-electron chi connectivity index (χ1n) is 7.12. The van der Waals surface area contributed by atoms with Crippen molar-refractivity contribution >= 4 is 51.3 Å². The monoisotopic (exact) mass is 448 g/mol. The number of carboxylic acids is 2. The molecule has 0 aliphatic rings. The molecule has 0 unspecified atom stereocenters. The molecule has 1 rings (SSSR count). The van der Waals surface area contributed by atoms with Crippen LogP contribution in [-0.4, -0.2) is 65.2 Å². The molecule has 0 radical (unpaired) electrons. The summed E-state index contributed by atoms with van der Waals surface area (Å²) in [7, 11) is 1.97. The number of halogens is 2. The number of benzene rings is 1. The normalized spacial score (nSPS) is 9.23. The van der Waals surface area contributed by atoms with E-state index < -0.39 is 18.0 Å². The number of hydrogen-bond donors (Lipinski definition) is 3. The van der Waals surface area contributed by atoms with Crippen LogP contribution in [0.3, 0.4) is 0 Å². The fourth-order valence-electron chi connectivity index (χ4n) is 1.29. The molecule has 0 aliphatic heterocycles. The number of alkyl halides is 1. The van der Waals surface area contributed by atoms with Crippen molar-refractivity contribution in [1.29, 1.82) is 0 Å². The summed E-state index contributed by atoms with van der Waals surface area (Å²) in [4.78, 5) is 31.7. The number of carbonyl (C=O) groups is 3. The molecule has 8 nitrogen and oxygen atoms in total. The van der Waals surface area contributed by atoms with E-state index >= 15 is 0 Å². The number of nitrogens with zero attached hydrogens (tertiary/aromatic N) is 1. The molecule has 1 aromatic rings. The Morgan fingerprint density at radius 2 is 1.92 bits per heavy atom. The molecular formula is C16H18BrClN2O6. The number of carboxylic acid groups (broad SMARTS) is 2. The number of carbonyl (C=O) groups excluding carboxylic acids is 1. The first-order chi connectivity index (χ1) is 12.3. The molecule has 10 heteroatoms. The molecule has 142 valence electrons. The van der Waals surface area contributed by atoms with E-state index in [4.69, 9.17) is 36.1 Å². The van der Waals surface area contributed by atoms with Crippen molar-refractivity contribution in [3.05, 3.63) is 29.3 Å². The van der Waals surface area contributed by atoms with E-state index in [9.17, 15) is 4.79 Å². The fourth-order valence-corrected chi connectivity index (χ4v) is 2.08. The van der Waals surface area contributed by atoms with Crippen LogP contribution < -0.4 is 5.32 Å². The van der Waals surface area contributed by atoms with Crippen LogP contribution in [0.1, 0.15) is 0 Å². The maximum absolute atomic E-state index is 11.5. The maximum Gasteiger partial charge on any atom is 0.414 e. The molecule has 0 atom stereocenters. The average Bonchev–Trinajstić information content (AvgIpc) is 2.55. The number of hydrogen-bond acceptors (Lipinski definition) is 5. The minimum absolute atomic E-state index is 0.0640. The topological polar surface area (TPSA) is 116 Å². The number of aliphatic carboxylic acids is 2.